The zero-order valence-corrected chi connectivity index (χ0v) is 10.7. The lowest BCUT2D eigenvalue weighted by Gasteiger charge is -2.09. The van der Waals surface area contributed by atoms with Gasteiger partial charge >= 0.3 is 0 Å². The lowest BCUT2D eigenvalue weighted by molar-refractivity contribution is 0.506. The number of H-pyrrole nitrogens is 1. The molecule has 2 aromatic heterocycles. The summed E-state index contributed by atoms with van der Waals surface area (Å²) in [6.07, 6.45) is 5.90. The summed E-state index contributed by atoms with van der Waals surface area (Å²) < 4.78 is 5.48. The molecule has 0 saturated heterocycles. The molecule has 2 aromatic rings. The highest BCUT2D eigenvalue weighted by Gasteiger charge is 2.24. The molecule has 2 heterocycles. The van der Waals surface area contributed by atoms with Crippen molar-refractivity contribution in [2.75, 3.05) is 6.54 Å². The zero-order chi connectivity index (χ0) is 12.5. The van der Waals surface area contributed by atoms with Crippen molar-refractivity contribution in [3.05, 3.63) is 29.6 Å². The lowest BCUT2D eigenvalue weighted by Crippen LogP contribution is -2.13. The number of imidazole rings is 1. The van der Waals surface area contributed by atoms with Crippen LogP contribution in [0.5, 0.6) is 0 Å². The monoisotopic (exact) mass is 245 g/mol. The number of aromatic nitrogens is 2. The highest BCUT2D eigenvalue weighted by atomic mass is 16.3. The Kier molecular flexibility index (Phi) is 2.96. The number of aryl methyl sites for hydroxylation is 2. The topological polar surface area (TPSA) is 67.8 Å². The van der Waals surface area contributed by atoms with Crippen molar-refractivity contribution in [2.45, 2.75) is 38.5 Å². The lowest BCUT2D eigenvalue weighted by atomic mass is 10.00. The van der Waals surface area contributed by atoms with Crippen molar-refractivity contribution in [1.82, 2.24) is 9.97 Å². The molecule has 0 aliphatic heterocycles. The second-order valence-electron chi connectivity index (χ2n) is 4.93. The van der Waals surface area contributed by atoms with Gasteiger partial charge in [-0.25, -0.2) is 4.98 Å². The van der Waals surface area contributed by atoms with Gasteiger partial charge in [0.25, 0.3) is 0 Å². The minimum atomic E-state index is 0.343. The molecule has 18 heavy (non-hydrogen) atoms. The highest BCUT2D eigenvalue weighted by molar-refractivity contribution is 5.66. The summed E-state index contributed by atoms with van der Waals surface area (Å²) in [5.41, 5.74) is 9.28. The van der Waals surface area contributed by atoms with Crippen LogP contribution in [0.2, 0.25) is 0 Å². The molecule has 4 nitrogen and oxygen atoms in total. The molecule has 0 saturated carbocycles. The summed E-state index contributed by atoms with van der Waals surface area (Å²) >= 11 is 0. The van der Waals surface area contributed by atoms with E-state index in [2.05, 4.69) is 11.9 Å². The van der Waals surface area contributed by atoms with E-state index in [4.69, 9.17) is 15.1 Å². The average Bonchev–Trinajstić information content (AvgIpc) is 3.00. The minimum absolute atomic E-state index is 0.343. The third kappa shape index (κ3) is 1.77. The zero-order valence-electron chi connectivity index (χ0n) is 10.7. The second kappa shape index (κ2) is 4.61. The smallest absolute Gasteiger partial charge is 0.113 e. The summed E-state index contributed by atoms with van der Waals surface area (Å²) in [6.45, 7) is 2.83. The first-order valence-electron chi connectivity index (χ1n) is 6.69. The van der Waals surface area contributed by atoms with Crippen LogP contribution in [0.25, 0.3) is 11.3 Å². The van der Waals surface area contributed by atoms with Gasteiger partial charge in [-0.05, 0) is 18.9 Å². The molecule has 0 fully saturated rings. The normalized spacial score (nSPS) is 15.2. The van der Waals surface area contributed by atoms with Crippen LogP contribution in [0.3, 0.4) is 0 Å². The molecule has 1 aliphatic carbocycles. The number of nitrogens with two attached hydrogens (primary N) is 1. The Hall–Kier alpha value is -1.55. The Morgan fingerprint density at radius 1 is 1.50 bits per heavy atom. The van der Waals surface area contributed by atoms with Crippen molar-refractivity contribution in [3.63, 3.8) is 0 Å². The number of fused-ring (bicyclic) bond motifs is 3. The maximum Gasteiger partial charge on any atom is 0.113 e. The van der Waals surface area contributed by atoms with Gasteiger partial charge < -0.3 is 15.1 Å². The number of hydrogen-bond acceptors (Lipinski definition) is 3. The van der Waals surface area contributed by atoms with E-state index in [1.807, 2.05) is 6.07 Å². The summed E-state index contributed by atoms with van der Waals surface area (Å²) in [4.78, 5) is 8.23. The van der Waals surface area contributed by atoms with Crippen LogP contribution in [-0.4, -0.2) is 16.5 Å². The maximum absolute atomic E-state index is 5.84. The number of rotatable bonds is 4. The average molecular weight is 245 g/mol. The molecular formula is C14H19N3O. The highest BCUT2D eigenvalue weighted by Crippen LogP contribution is 2.34. The standard InChI is InChI=1S/C14H19N3O/c1-2-3-9(8-15)14-16-11-4-5-12-10(6-7-18-12)13(11)17-14/h6-7,9H,2-5,8,15H2,1H3,(H,16,17). The van der Waals surface area contributed by atoms with Gasteiger partial charge in [-0.3, -0.25) is 0 Å². The number of hydrogen-bond donors (Lipinski definition) is 2. The van der Waals surface area contributed by atoms with Crippen molar-refractivity contribution in [2.24, 2.45) is 5.73 Å². The number of nitrogens with zero attached hydrogens (tertiary/aromatic N) is 1. The van der Waals surface area contributed by atoms with E-state index in [0.29, 0.717) is 12.5 Å². The molecule has 3 N–H and O–H groups in total. The summed E-state index contributed by atoms with van der Waals surface area (Å²) in [5, 5.41) is 0. The van der Waals surface area contributed by atoms with E-state index >= 15 is 0 Å². The van der Waals surface area contributed by atoms with E-state index in [0.717, 1.165) is 48.5 Å². The first-order chi connectivity index (χ1) is 8.83. The fourth-order valence-corrected chi connectivity index (χ4v) is 2.73. The van der Waals surface area contributed by atoms with Crippen LogP contribution in [0.4, 0.5) is 0 Å². The third-order valence-corrected chi connectivity index (χ3v) is 3.71. The van der Waals surface area contributed by atoms with Crippen molar-refractivity contribution < 1.29 is 4.42 Å². The number of nitrogens with one attached hydrogen (secondary N) is 1. The second-order valence-corrected chi connectivity index (χ2v) is 4.93. The molecule has 0 bridgehead atoms. The molecule has 0 radical (unpaired) electrons. The van der Waals surface area contributed by atoms with Crippen LogP contribution in [-0.2, 0) is 12.8 Å². The predicted octanol–water partition coefficient (Wildman–Crippen LogP) is 2.61. The number of aromatic amines is 1. The minimum Gasteiger partial charge on any atom is -0.469 e. The van der Waals surface area contributed by atoms with Crippen molar-refractivity contribution in [3.8, 4) is 11.3 Å². The van der Waals surface area contributed by atoms with E-state index in [9.17, 15) is 0 Å². The fraction of sp³-hybridized carbons (Fsp3) is 0.500. The molecule has 0 amide bonds. The summed E-state index contributed by atoms with van der Waals surface area (Å²) in [6, 6.07) is 2.01. The first-order valence-corrected chi connectivity index (χ1v) is 6.69. The van der Waals surface area contributed by atoms with Gasteiger partial charge in [0.2, 0.25) is 0 Å². The molecular weight excluding hydrogens is 226 g/mol. The van der Waals surface area contributed by atoms with Crippen molar-refractivity contribution in [1.29, 1.82) is 0 Å². The van der Waals surface area contributed by atoms with Gasteiger partial charge in [-0.2, -0.15) is 0 Å². The van der Waals surface area contributed by atoms with Crippen molar-refractivity contribution >= 4 is 0 Å². The van der Waals surface area contributed by atoms with E-state index in [1.54, 1.807) is 6.26 Å². The Morgan fingerprint density at radius 2 is 2.39 bits per heavy atom. The SMILES string of the molecule is CCCC(CN)c1nc2c([nH]1)CCc1occc1-2. The van der Waals surface area contributed by atoms with E-state index in [-0.39, 0.29) is 0 Å². The number of furan rings is 1. The van der Waals surface area contributed by atoms with Gasteiger partial charge in [-0.1, -0.05) is 13.3 Å². The quantitative estimate of drug-likeness (QED) is 0.870. The van der Waals surface area contributed by atoms with Crippen LogP contribution in [0, 0.1) is 0 Å². The van der Waals surface area contributed by atoms with Crippen LogP contribution in [0.15, 0.2) is 16.7 Å². The van der Waals surface area contributed by atoms with Crippen LogP contribution < -0.4 is 5.73 Å². The van der Waals surface area contributed by atoms with Crippen LogP contribution >= 0.6 is 0 Å². The molecule has 1 unspecified atom stereocenters. The largest absolute Gasteiger partial charge is 0.469 e. The van der Waals surface area contributed by atoms with E-state index < -0.39 is 0 Å². The summed E-state index contributed by atoms with van der Waals surface area (Å²) in [5.74, 6) is 2.44. The molecule has 96 valence electrons. The first kappa shape index (κ1) is 11.5. The molecule has 4 heteroatoms. The predicted molar refractivity (Wildman–Crippen MR) is 70.4 cm³/mol. The molecule has 1 aliphatic rings. The molecule has 3 rings (SSSR count). The van der Waals surface area contributed by atoms with Crippen LogP contribution in [0.1, 0.15) is 43.0 Å². The Bertz CT molecular complexity index is 541. The third-order valence-electron chi connectivity index (χ3n) is 3.71. The van der Waals surface area contributed by atoms with E-state index in [1.165, 1.54) is 5.69 Å². The Labute approximate surface area is 107 Å². The summed E-state index contributed by atoms with van der Waals surface area (Å²) in [7, 11) is 0. The van der Waals surface area contributed by atoms with Gasteiger partial charge in [0.05, 0.1) is 12.0 Å². The molecule has 0 aromatic carbocycles. The molecule has 1 atom stereocenters. The molecule has 0 spiro atoms. The Balaban J connectivity index is 1.98. The van der Waals surface area contributed by atoms with Gasteiger partial charge in [-0.15, -0.1) is 0 Å². The van der Waals surface area contributed by atoms with Gasteiger partial charge in [0, 0.05) is 30.1 Å². The van der Waals surface area contributed by atoms with Gasteiger partial charge in [0.15, 0.2) is 0 Å². The maximum atomic E-state index is 5.84. The Morgan fingerprint density at radius 3 is 3.17 bits per heavy atom. The van der Waals surface area contributed by atoms with Gasteiger partial charge in [0.1, 0.15) is 11.6 Å². The fourth-order valence-electron chi connectivity index (χ4n) is 2.73.